The Morgan fingerprint density at radius 2 is 1.73 bits per heavy atom. The number of carbonyl (C=O) groups is 1. The molecule has 0 saturated heterocycles. The molecular weight excluding hydrogens is 390 g/mol. The zero-order chi connectivity index (χ0) is 21.5. The van der Waals surface area contributed by atoms with E-state index in [1.54, 1.807) is 31.4 Å². The Labute approximate surface area is 173 Å². The Morgan fingerprint density at radius 3 is 2.43 bits per heavy atom. The topological polar surface area (TPSA) is 101 Å². The highest BCUT2D eigenvalue weighted by molar-refractivity contribution is 5.89. The summed E-state index contributed by atoms with van der Waals surface area (Å²) in [6, 6.07) is 10.6. The van der Waals surface area contributed by atoms with Gasteiger partial charge in [0, 0.05) is 5.39 Å². The van der Waals surface area contributed by atoms with Crippen LogP contribution in [0.5, 0.6) is 23.0 Å². The van der Waals surface area contributed by atoms with E-state index in [0.29, 0.717) is 33.8 Å². The van der Waals surface area contributed by atoms with Gasteiger partial charge in [-0.2, -0.15) is 5.10 Å². The lowest BCUT2D eigenvalue weighted by Crippen LogP contribution is -2.35. The smallest absolute Gasteiger partial charge is 0.279 e. The normalized spacial score (nSPS) is 10.5. The van der Waals surface area contributed by atoms with E-state index in [9.17, 15) is 9.59 Å². The van der Waals surface area contributed by atoms with Crippen LogP contribution in [0.3, 0.4) is 0 Å². The maximum Gasteiger partial charge on any atom is 0.279 e. The molecule has 2 aromatic carbocycles. The molecule has 0 bridgehead atoms. The van der Waals surface area contributed by atoms with Crippen LogP contribution >= 0.6 is 0 Å². The molecule has 1 amide bonds. The zero-order valence-corrected chi connectivity index (χ0v) is 17.0. The number of fused-ring (bicyclic) bond motifs is 1. The van der Waals surface area contributed by atoms with Gasteiger partial charge in [0.05, 0.1) is 39.5 Å². The average molecular weight is 413 g/mol. The van der Waals surface area contributed by atoms with E-state index in [4.69, 9.17) is 18.9 Å². The van der Waals surface area contributed by atoms with Gasteiger partial charge in [-0.1, -0.05) is 12.1 Å². The fourth-order valence-electron chi connectivity index (χ4n) is 2.98. The fraction of sp³-hybridized carbons (Fsp3) is 0.286. The summed E-state index contributed by atoms with van der Waals surface area (Å²) in [5, 5.41) is 7.68. The summed E-state index contributed by atoms with van der Waals surface area (Å²) in [6.45, 7) is 0.275. The van der Waals surface area contributed by atoms with E-state index >= 15 is 0 Å². The standard InChI is InChI=1S/C21H23N3O6/c1-27-15-6-4-5-7-16(15)30-11-10-22-18(25)13-24-21(26)19-14(12-23-24)8-9-17(28-2)20(19)29-3/h4-9,12H,10-11,13H2,1-3H3,(H,22,25). The molecule has 0 unspecified atom stereocenters. The lowest BCUT2D eigenvalue weighted by Gasteiger charge is -2.12. The summed E-state index contributed by atoms with van der Waals surface area (Å²) >= 11 is 0. The van der Waals surface area contributed by atoms with Crippen molar-refractivity contribution < 1.29 is 23.7 Å². The van der Waals surface area contributed by atoms with Crippen molar-refractivity contribution in [3.8, 4) is 23.0 Å². The van der Waals surface area contributed by atoms with Crippen molar-refractivity contribution in [1.29, 1.82) is 0 Å². The number of ether oxygens (including phenoxy) is 4. The van der Waals surface area contributed by atoms with E-state index < -0.39 is 5.56 Å². The van der Waals surface area contributed by atoms with Crippen LogP contribution < -0.4 is 29.8 Å². The van der Waals surface area contributed by atoms with Gasteiger partial charge in [-0.05, 0) is 24.3 Å². The molecule has 0 fully saturated rings. The van der Waals surface area contributed by atoms with Crippen molar-refractivity contribution in [2.45, 2.75) is 6.54 Å². The first-order valence-corrected chi connectivity index (χ1v) is 9.22. The van der Waals surface area contributed by atoms with Crippen molar-refractivity contribution in [1.82, 2.24) is 15.1 Å². The maximum atomic E-state index is 12.8. The van der Waals surface area contributed by atoms with E-state index in [2.05, 4.69) is 10.4 Å². The molecule has 9 nitrogen and oxygen atoms in total. The number of nitrogens with zero attached hydrogens (tertiary/aromatic N) is 2. The number of carbonyl (C=O) groups excluding carboxylic acids is 1. The van der Waals surface area contributed by atoms with E-state index in [-0.39, 0.29) is 25.6 Å². The van der Waals surface area contributed by atoms with Gasteiger partial charge in [0.1, 0.15) is 13.2 Å². The third-order valence-electron chi connectivity index (χ3n) is 4.41. The molecule has 3 aromatic rings. The number of hydrogen-bond acceptors (Lipinski definition) is 7. The van der Waals surface area contributed by atoms with Gasteiger partial charge in [-0.15, -0.1) is 0 Å². The number of rotatable bonds is 9. The van der Waals surface area contributed by atoms with Gasteiger partial charge in [0.15, 0.2) is 23.0 Å². The van der Waals surface area contributed by atoms with Crippen molar-refractivity contribution in [2.75, 3.05) is 34.5 Å². The molecule has 3 rings (SSSR count). The molecule has 0 atom stereocenters. The molecule has 30 heavy (non-hydrogen) atoms. The average Bonchev–Trinajstić information content (AvgIpc) is 2.78. The second kappa shape index (κ2) is 9.64. The first-order valence-electron chi connectivity index (χ1n) is 9.22. The SMILES string of the molecule is COc1ccccc1OCCNC(=O)Cn1ncc2ccc(OC)c(OC)c2c1=O. The third kappa shape index (κ3) is 4.45. The predicted octanol–water partition coefficient (Wildman–Crippen LogP) is 1.62. The third-order valence-corrected chi connectivity index (χ3v) is 4.41. The van der Waals surface area contributed by atoms with E-state index in [1.165, 1.54) is 20.4 Å². The Balaban J connectivity index is 1.65. The lowest BCUT2D eigenvalue weighted by molar-refractivity contribution is -0.122. The number of methoxy groups -OCH3 is 3. The van der Waals surface area contributed by atoms with Crippen LogP contribution in [0.4, 0.5) is 0 Å². The second-order valence-electron chi connectivity index (χ2n) is 6.22. The van der Waals surface area contributed by atoms with Gasteiger partial charge in [-0.25, -0.2) is 4.68 Å². The molecule has 0 spiro atoms. The summed E-state index contributed by atoms with van der Waals surface area (Å²) < 4.78 is 22.5. The lowest BCUT2D eigenvalue weighted by atomic mass is 10.1. The summed E-state index contributed by atoms with van der Waals surface area (Å²) in [6.07, 6.45) is 1.51. The van der Waals surface area contributed by atoms with Crippen LogP contribution in [0.2, 0.25) is 0 Å². The van der Waals surface area contributed by atoms with Crippen molar-refractivity contribution in [2.24, 2.45) is 0 Å². The number of aromatic nitrogens is 2. The zero-order valence-electron chi connectivity index (χ0n) is 17.0. The first kappa shape index (κ1) is 21.0. The van der Waals surface area contributed by atoms with Gasteiger partial charge in [0.25, 0.3) is 5.56 Å². The highest BCUT2D eigenvalue weighted by Crippen LogP contribution is 2.32. The molecule has 0 aliphatic rings. The molecule has 0 saturated carbocycles. The Bertz CT molecular complexity index is 1100. The fourth-order valence-corrected chi connectivity index (χ4v) is 2.98. The van der Waals surface area contributed by atoms with E-state index in [0.717, 1.165) is 4.68 Å². The summed E-state index contributed by atoms with van der Waals surface area (Å²) in [5.74, 6) is 1.57. The molecular formula is C21H23N3O6. The van der Waals surface area contributed by atoms with Gasteiger partial charge >= 0.3 is 0 Å². The first-order chi connectivity index (χ1) is 14.6. The highest BCUT2D eigenvalue weighted by atomic mass is 16.5. The van der Waals surface area contributed by atoms with Crippen LogP contribution in [0, 0.1) is 0 Å². The number of para-hydroxylation sites is 2. The number of nitrogens with one attached hydrogen (secondary N) is 1. The quantitative estimate of drug-likeness (QED) is 0.532. The van der Waals surface area contributed by atoms with Crippen LogP contribution in [-0.4, -0.2) is 50.2 Å². The van der Waals surface area contributed by atoms with Gasteiger partial charge in [-0.3, -0.25) is 9.59 Å². The minimum atomic E-state index is -0.441. The van der Waals surface area contributed by atoms with Crippen LogP contribution in [0.1, 0.15) is 0 Å². The monoisotopic (exact) mass is 413 g/mol. The van der Waals surface area contributed by atoms with Crippen LogP contribution in [0.25, 0.3) is 10.8 Å². The predicted molar refractivity (Wildman–Crippen MR) is 111 cm³/mol. The molecule has 0 aliphatic heterocycles. The molecule has 0 aliphatic carbocycles. The Morgan fingerprint density at radius 1 is 1.00 bits per heavy atom. The van der Waals surface area contributed by atoms with E-state index in [1.807, 2.05) is 12.1 Å². The molecule has 9 heteroatoms. The Kier molecular flexibility index (Phi) is 6.74. The van der Waals surface area contributed by atoms with Crippen LogP contribution in [0.15, 0.2) is 47.4 Å². The molecule has 1 heterocycles. The van der Waals surface area contributed by atoms with Crippen LogP contribution in [-0.2, 0) is 11.3 Å². The van der Waals surface area contributed by atoms with Gasteiger partial charge in [0.2, 0.25) is 5.91 Å². The summed E-state index contributed by atoms with van der Waals surface area (Å²) in [5.41, 5.74) is -0.441. The molecule has 1 aromatic heterocycles. The summed E-state index contributed by atoms with van der Waals surface area (Å²) in [7, 11) is 4.50. The minimum Gasteiger partial charge on any atom is -0.493 e. The van der Waals surface area contributed by atoms with Gasteiger partial charge < -0.3 is 24.3 Å². The molecule has 158 valence electrons. The van der Waals surface area contributed by atoms with Crippen molar-refractivity contribution in [3.05, 3.63) is 52.9 Å². The molecule has 1 N–H and O–H groups in total. The molecule has 0 radical (unpaired) electrons. The summed E-state index contributed by atoms with van der Waals surface area (Å²) in [4.78, 5) is 25.1. The minimum absolute atomic E-state index is 0.232. The maximum absolute atomic E-state index is 12.8. The van der Waals surface area contributed by atoms with Crippen molar-refractivity contribution in [3.63, 3.8) is 0 Å². The number of benzene rings is 2. The number of hydrogen-bond donors (Lipinski definition) is 1. The van der Waals surface area contributed by atoms with Crippen molar-refractivity contribution >= 4 is 16.7 Å². The Hall–Kier alpha value is -3.75. The number of amides is 1. The largest absolute Gasteiger partial charge is 0.493 e. The second-order valence-corrected chi connectivity index (χ2v) is 6.22. The highest BCUT2D eigenvalue weighted by Gasteiger charge is 2.16.